The molecule has 3 heteroatoms. The van der Waals surface area contributed by atoms with E-state index in [1.807, 2.05) is 0 Å². The molecule has 1 fully saturated rings. The van der Waals surface area contributed by atoms with E-state index in [-0.39, 0.29) is 23.2 Å². The maximum atomic E-state index is 10.2. The van der Waals surface area contributed by atoms with Gasteiger partial charge in [-0.2, -0.15) is 0 Å². The van der Waals surface area contributed by atoms with Crippen LogP contribution in [0.25, 0.3) is 0 Å². The van der Waals surface area contributed by atoms with Crippen molar-refractivity contribution in [3.8, 4) is 0 Å². The number of carbonyl (C=O) groups is 1. The second-order valence-electron chi connectivity index (χ2n) is 3.86. The average Bonchev–Trinajstić information content (AvgIpc) is 2.48. The van der Waals surface area contributed by atoms with Crippen molar-refractivity contribution in [2.24, 2.45) is 11.8 Å². The van der Waals surface area contributed by atoms with E-state index >= 15 is 0 Å². The van der Waals surface area contributed by atoms with Crippen molar-refractivity contribution in [3.05, 3.63) is 0 Å². The van der Waals surface area contributed by atoms with Gasteiger partial charge in [0.1, 0.15) is 0 Å². The minimum Gasteiger partial charge on any atom is -0.550 e. The molecule has 1 radical (unpaired) electrons. The summed E-state index contributed by atoms with van der Waals surface area (Å²) in [6, 6.07) is 0. The van der Waals surface area contributed by atoms with E-state index in [0.717, 1.165) is 12.3 Å². The Hall–Kier alpha value is -0.0235. The Morgan fingerprint density at radius 3 is 2.46 bits per heavy atom. The van der Waals surface area contributed by atoms with Gasteiger partial charge >= 0.3 is 16.8 Å². The summed E-state index contributed by atoms with van der Waals surface area (Å²) in [6.07, 6.45) is 6.10. The van der Waals surface area contributed by atoms with E-state index in [1.165, 1.54) is 25.7 Å². The van der Waals surface area contributed by atoms with Crippen LogP contribution >= 0.6 is 0 Å². The van der Waals surface area contributed by atoms with Gasteiger partial charge < -0.3 is 9.90 Å². The molecule has 13 heavy (non-hydrogen) atoms. The number of aliphatic carboxylic acids is 1. The zero-order chi connectivity index (χ0) is 8.97. The summed E-state index contributed by atoms with van der Waals surface area (Å²) in [7, 11) is 0. The minimum atomic E-state index is -0.894. The van der Waals surface area contributed by atoms with Crippen LogP contribution in [0.2, 0.25) is 0 Å². The summed E-state index contributed by atoms with van der Waals surface area (Å²) in [5, 5.41) is 10.2. The maximum Gasteiger partial charge on any atom is 2.00 e. The molecule has 0 aliphatic heterocycles. The van der Waals surface area contributed by atoms with Crippen LogP contribution < -0.4 is 5.11 Å². The van der Waals surface area contributed by atoms with Crippen LogP contribution in [0.3, 0.4) is 0 Å². The number of carbonyl (C=O) groups excluding carboxylic acids is 1. The van der Waals surface area contributed by atoms with Crippen LogP contribution in [0.1, 0.15) is 45.4 Å². The van der Waals surface area contributed by atoms with Crippen molar-refractivity contribution in [2.75, 3.05) is 0 Å². The minimum absolute atomic E-state index is 0. The molecule has 0 heterocycles. The molecule has 0 aromatic carbocycles. The molecule has 2 nitrogen and oxygen atoms in total. The van der Waals surface area contributed by atoms with Gasteiger partial charge in [-0.05, 0) is 31.1 Å². The molecule has 1 saturated carbocycles. The van der Waals surface area contributed by atoms with Crippen molar-refractivity contribution in [1.82, 2.24) is 0 Å². The number of carboxylic acids is 1. The van der Waals surface area contributed by atoms with Gasteiger partial charge in [0.2, 0.25) is 0 Å². The maximum absolute atomic E-state index is 10.2. The Balaban J connectivity index is 0.00000144. The fraction of sp³-hybridized carbons (Fsp3) is 0.900. The number of rotatable bonds is 4. The zero-order valence-electron chi connectivity index (χ0n) is 8.05. The summed E-state index contributed by atoms with van der Waals surface area (Å²) in [5.74, 6) is 0.625. The first-order valence-corrected chi connectivity index (χ1v) is 4.92. The summed E-state index contributed by atoms with van der Waals surface area (Å²) in [6.45, 7) is 2.21. The van der Waals surface area contributed by atoms with Crippen molar-refractivity contribution in [3.63, 3.8) is 0 Å². The second kappa shape index (κ2) is 6.43. The summed E-state index contributed by atoms with van der Waals surface area (Å²) < 4.78 is 0. The first kappa shape index (κ1) is 13.0. The Morgan fingerprint density at radius 1 is 1.38 bits per heavy atom. The molecule has 2 atom stereocenters. The van der Waals surface area contributed by atoms with Crippen molar-refractivity contribution >= 4 is 5.97 Å². The molecule has 0 aromatic heterocycles. The van der Waals surface area contributed by atoms with Crippen LogP contribution in [0, 0.1) is 11.8 Å². The fourth-order valence-electron chi connectivity index (χ4n) is 2.13. The Bertz CT molecular complexity index is 159. The predicted molar refractivity (Wildman–Crippen MR) is 45.4 cm³/mol. The van der Waals surface area contributed by atoms with E-state index in [2.05, 4.69) is 6.92 Å². The van der Waals surface area contributed by atoms with Crippen LogP contribution in [0.5, 0.6) is 0 Å². The van der Waals surface area contributed by atoms with Crippen LogP contribution in [-0.2, 0) is 21.6 Å². The summed E-state index contributed by atoms with van der Waals surface area (Å²) in [5.41, 5.74) is 0. The standard InChI is InChI=1S/C10H18O2.Co/c1-2-8-3-4-9(7-8)5-6-10(11)12;/h8-9H,2-7H2,1H3,(H,11,12);/q;+2/p-1. The van der Waals surface area contributed by atoms with Crippen molar-refractivity contribution < 1.29 is 26.7 Å². The number of carboxylic acid groups (broad SMARTS) is 1. The molecule has 0 saturated heterocycles. The molecule has 0 aromatic rings. The van der Waals surface area contributed by atoms with Crippen molar-refractivity contribution in [2.45, 2.75) is 45.4 Å². The smallest absolute Gasteiger partial charge is 0.550 e. The Labute approximate surface area is 90.3 Å². The molecule has 1 aliphatic rings. The third kappa shape index (κ3) is 4.67. The molecular weight excluding hydrogens is 211 g/mol. The Kier molecular flexibility index (Phi) is 6.42. The average molecular weight is 228 g/mol. The van der Waals surface area contributed by atoms with Gasteiger partial charge in [0.25, 0.3) is 0 Å². The van der Waals surface area contributed by atoms with E-state index in [4.69, 9.17) is 0 Å². The predicted octanol–water partition coefficient (Wildman–Crippen LogP) is 1.34. The first-order chi connectivity index (χ1) is 5.72. The monoisotopic (exact) mass is 228 g/mol. The van der Waals surface area contributed by atoms with Gasteiger partial charge in [0.05, 0.1) is 0 Å². The molecule has 0 N–H and O–H groups in total. The quantitative estimate of drug-likeness (QED) is 0.728. The molecular formula is C10H17CoO2+. The van der Waals surface area contributed by atoms with E-state index in [9.17, 15) is 9.90 Å². The SMILES string of the molecule is CCC1CCC(CCC(=O)[O-])C1.[Co+2]. The normalized spacial score (nSPS) is 26.8. The summed E-state index contributed by atoms with van der Waals surface area (Å²) in [4.78, 5) is 10.2. The third-order valence-electron chi connectivity index (χ3n) is 2.98. The third-order valence-corrected chi connectivity index (χ3v) is 2.98. The van der Waals surface area contributed by atoms with E-state index < -0.39 is 5.97 Å². The van der Waals surface area contributed by atoms with Gasteiger partial charge in [0, 0.05) is 5.97 Å². The topological polar surface area (TPSA) is 40.1 Å². The van der Waals surface area contributed by atoms with Gasteiger partial charge in [-0.25, -0.2) is 0 Å². The number of hydrogen-bond acceptors (Lipinski definition) is 2. The van der Waals surface area contributed by atoms with Crippen LogP contribution in [0.15, 0.2) is 0 Å². The second-order valence-corrected chi connectivity index (χ2v) is 3.86. The van der Waals surface area contributed by atoms with E-state index in [1.54, 1.807) is 0 Å². The molecule has 0 spiro atoms. The first-order valence-electron chi connectivity index (χ1n) is 4.92. The van der Waals surface area contributed by atoms with Crippen molar-refractivity contribution in [1.29, 1.82) is 0 Å². The van der Waals surface area contributed by atoms with E-state index in [0.29, 0.717) is 5.92 Å². The van der Waals surface area contributed by atoms with Gasteiger partial charge in [-0.15, -0.1) is 0 Å². The number of hydrogen-bond donors (Lipinski definition) is 0. The largest absolute Gasteiger partial charge is 2.00 e. The molecule has 0 amide bonds. The molecule has 2 unspecified atom stereocenters. The molecule has 77 valence electrons. The molecule has 0 bridgehead atoms. The van der Waals surface area contributed by atoms with Gasteiger partial charge in [-0.3, -0.25) is 0 Å². The van der Waals surface area contributed by atoms with Crippen LogP contribution in [-0.4, -0.2) is 5.97 Å². The summed E-state index contributed by atoms with van der Waals surface area (Å²) >= 11 is 0. The molecule has 1 rings (SSSR count). The molecule has 1 aliphatic carbocycles. The fourth-order valence-corrected chi connectivity index (χ4v) is 2.13. The van der Waals surface area contributed by atoms with Gasteiger partial charge in [0.15, 0.2) is 0 Å². The zero-order valence-corrected chi connectivity index (χ0v) is 9.09. The van der Waals surface area contributed by atoms with Gasteiger partial charge in [-0.1, -0.05) is 26.2 Å². The van der Waals surface area contributed by atoms with Crippen LogP contribution in [0.4, 0.5) is 0 Å². The Morgan fingerprint density at radius 2 is 2.00 bits per heavy atom.